The van der Waals surface area contributed by atoms with E-state index in [1.54, 1.807) is 0 Å². The molecule has 2 aliphatic rings. The minimum Gasteiger partial charge on any atom is -0.465 e. The topological polar surface area (TPSA) is 23.2 Å². The van der Waals surface area contributed by atoms with Crippen LogP contribution >= 0.6 is 0 Å². The Balaban J connectivity index is 2.51. The van der Waals surface area contributed by atoms with Gasteiger partial charge in [0.2, 0.25) is 5.70 Å². The molecular weight excluding hydrogens is 234 g/mol. The number of hydrogen-bond donors (Lipinski definition) is 1. The molecule has 0 bridgehead atoms. The second-order valence-corrected chi connectivity index (χ2v) is 7.16. The predicted molar refractivity (Wildman–Crippen MR) is 79.4 cm³/mol. The molecule has 0 amide bonds. The Morgan fingerprint density at radius 1 is 0.895 bits per heavy atom. The lowest BCUT2D eigenvalue weighted by Crippen LogP contribution is -2.64. The number of ether oxygens (including phenoxy) is 1. The maximum Gasteiger partial charge on any atom is 0.211 e. The van der Waals surface area contributed by atoms with Crippen molar-refractivity contribution in [3.8, 4) is 0 Å². The van der Waals surface area contributed by atoms with Crippen molar-refractivity contribution in [1.29, 1.82) is 0 Å². The van der Waals surface area contributed by atoms with Crippen molar-refractivity contribution in [3.63, 3.8) is 0 Å². The second kappa shape index (κ2) is 4.52. The number of allylic oxidation sites excluding steroid dienone is 7. The SMILES string of the molecule is CC(C)(C)C1=CC(=C2C=CC=[NH+]2)C=C(C(C)(C)C)O1. The van der Waals surface area contributed by atoms with E-state index in [0.29, 0.717) is 0 Å². The number of hydrogen-bond acceptors (Lipinski definition) is 1. The molecule has 2 heterocycles. The summed E-state index contributed by atoms with van der Waals surface area (Å²) < 4.78 is 6.13. The van der Waals surface area contributed by atoms with E-state index < -0.39 is 0 Å². The van der Waals surface area contributed by atoms with Crippen LogP contribution in [0.4, 0.5) is 0 Å². The average molecular weight is 258 g/mol. The molecule has 0 spiro atoms. The molecule has 2 rings (SSSR count). The molecule has 0 saturated heterocycles. The third-order valence-electron chi connectivity index (χ3n) is 3.18. The molecule has 0 aromatic heterocycles. The van der Waals surface area contributed by atoms with E-state index in [1.807, 2.05) is 12.3 Å². The molecule has 0 aliphatic carbocycles. The van der Waals surface area contributed by atoms with Crippen molar-refractivity contribution in [2.24, 2.45) is 10.8 Å². The third kappa shape index (κ3) is 3.06. The molecule has 102 valence electrons. The predicted octanol–water partition coefficient (Wildman–Crippen LogP) is 2.85. The van der Waals surface area contributed by atoms with Gasteiger partial charge >= 0.3 is 0 Å². The molecule has 0 aromatic carbocycles. The molecule has 0 saturated carbocycles. The molecule has 19 heavy (non-hydrogen) atoms. The average Bonchev–Trinajstić information content (AvgIpc) is 2.79. The van der Waals surface area contributed by atoms with Crippen LogP contribution < -0.4 is 4.99 Å². The summed E-state index contributed by atoms with van der Waals surface area (Å²) in [5, 5.41) is 0. The summed E-state index contributed by atoms with van der Waals surface area (Å²) >= 11 is 0. The van der Waals surface area contributed by atoms with Crippen LogP contribution in [0.3, 0.4) is 0 Å². The van der Waals surface area contributed by atoms with E-state index in [2.05, 4.69) is 64.8 Å². The van der Waals surface area contributed by atoms with Crippen LogP contribution in [-0.4, -0.2) is 6.21 Å². The van der Waals surface area contributed by atoms with E-state index in [1.165, 1.54) is 5.57 Å². The van der Waals surface area contributed by atoms with Crippen LogP contribution in [-0.2, 0) is 4.74 Å². The fourth-order valence-corrected chi connectivity index (χ4v) is 1.91. The highest BCUT2D eigenvalue weighted by Gasteiger charge is 2.30. The van der Waals surface area contributed by atoms with Crippen molar-refractivity contribution in [2.45, 2.75) is 41.5 Å². The van der Waals surface area contributed by atoms with E-state index in [9.17, 15) is 0 Å². The summed E-state index contributed by atoms with van der Waals surface area (Å²) in [5.74, 6) is 2.04. The van der Waals surface area contributed by atoms with Gasteiger partial charge in [-0.25, -0.2) is 4.99 Å². The zero-order valence-electron chi connectivity index (χ0n) is 12.8. The number of rotatable bonds is 0. The summed E-state index contributed by atoms with van der Waals surface area (Å²) in [6, 6.07) is 0. The van der Waals surface area contributed by atoms with Gasteiger partial charge in [0.1, 0.15) is 11.5 Å². The van der Waals surface area contributed by atoms with Crippen LogP contribution in [0.5, 0.6) is 0 Å². The molecule has 0 unspecified atom stereocenters. The van der Waals surface area contributed by atoms with Crippen LogP contribution in [0.1, 0.15) is 41.5 Å². The molecule has 1 N–H and O–H groups in total. The smallest absolute Gasteiger partial charge is 0.211 e. The molecular formula is C17H24NO+. The molecule has 2 aliphatic heterocycles. The van der Waals surface area contributed by atoms with Gasteiger partial charge in [-0.2, -0.15) is 0 Å². The zero-order valence-corrected chi connectivity index (χ0v) is 12.8. The van der Waals surface area contributed by atoms with Crippen molar-refractivity contribution in [1.82, 2.24) is 0 Å². The maximum absolute atomic E-state index is 6.13. The Bertz CT molecular complexity index is 483. The van der Waals surface area contributed by atoms with Gasteiger partial charge in [0.05, 0.1) is 5.57 Å². The zero-order chi connectivity index (χ0) is 14.3. The van der Waals surface area contributed by atoms with Gasteiger partial charge in [-0.15, -0.1) is 0 Å². The van der Waals surface area contributed by atoms with Crippen LogP contribution in [0, 0.1) is 10.8 Å². The summed E-state index contributed by atoms with van der Waals surface area (Å²) in [4.78, 5) is 3.27. The Morgan fingerprint density at radius 3 is 1.79 bits per heavy atom. The van der Waals surface area contributed by atoms with E-state index in [4.69, 9.17) is 4.74 Å². The monoisotopic (exact) mass is 258 g/mol. The van der Waals surface area contributed by atoms with Gasteiger partial charge in [0.25, 0.3) is 0 Å². The standard InChI is InChI=1S/C17H23NO/c1-16(2,3)14-10-12(13-8-7-9-18-13)11-15(19-14)17(4,5)6/h7-11H,1-6H3/p+1. The molecule has 2 nitrogen and oxygen atoms in total. The van der Waals surface area contributed by atoms with Crippen molar-refractivity contribution in [3.05, 3.63) is 47.1 Å². The minimum absolute atomic E-state index is 0.00258. The Labute approximate surface area is 116 Å². The first kappa shape index (κ1) is 13.9. The van der Waals surface area contributed by atoms with Crippen LogP contribution in [0.15, 0.2) is 47.1 Å². The van der Waals surface area contributed by atoms with Gasteiger partial charge in [0.15, 0.2) is 6.21 Å². The summed E-state index contributed by atoms with van der Waals surface area (Å²) in [6.45, 7) is 13.1. The van der Waals surface area contributed by atoms with Gasteiger partial charge in [0, 0.05) is 23.0 Å². The van der Waals surface area contributed by atoms with Gasteiger partial charge in [-0.1, -0.05) is 41.5 Å². The first-order chi connectivity index (χ1) is 8.68. The summed E-state index contributed by atoms with van der Waals surface area (Å²) in [7, 11) is 0. The van der Waals surface area contributed by atoms with Gasteiger partial charge in [-0.3, -0.25) is 0 Å². The first-order valence-corrected chi connectivity index (χ1v) is 6.81. The van der Waals surface area contributed by atoms with Gasteiger partial charge < -0.3 is 4.74 Å². The minimum atomic E-state index is 0.00258. The Morgan fingerprint density at radius 2 is 1.42 bits per heavy atom. The Kier molecular flexibility index (Phi) is 3.29. The highest BCUT2D eigenvalue weighted by atomic mass is 16.5. The molecule has 2 heteroatoms. The van der Waals surface area contributed by atoms with E-state index in [0.717, 1.165) is 17.2 Å². The normalized spacial score (nSPS) is 19.5. The quantitative estimate of drug-likeness (QED) is 0.709. The van der Waals surface area contributed by atoms with Gasteiger partial charge in [-0.05, 0) is 12.2 Å². The molecule has 0 atom stereocenters. The van der Waals surface area contributed by atoms with E-state index in [-0.39, 0.29) is 10.8 Å². The summed E-state index contributed by atoms with van der Waals surface area (Å²) in [6.07, 6.45) is 10.3. The van der Waals surface area contributed by atoms with Crippen molar-refractivity contribution in [2.75, 3.05) is 0 Å². The largest absolute Gasteiger partial charge is 0.465 e. The lowest BCUT2D eigenvalue weighted by atomic mass is 9.87. The highest BCUT2D eigenvalue weighted by Crippen LogP contribution is 2.39. The number of nitrogens with one attached hydrogen (secondary N) is 1. The maximum atomic E-state index is 6.13. The first-order valence-electron chi connectivity index (χ1n) is 6.81. The van der Waals surface area contributed by atoms with Crippen molar-refractivity contribution < 1.29 is 9.73 Å². The fourth-order valence-electron chi connectivity index (χ4n) is 1.91. The molecule has 0 aromatic rings. The van der Waals surface area contributed by atoms with E-state index >= 15 is 0 Å². The fraction of sp³-hybridized carbons (Fsp3) is 0.471. The van der Waals surface area contributed by atoms with Crippen LogP contribution in [0.25, 0.3) is 0 Å². The summed E-state index contributed by atoms with van der Waals surface area (Å²) in [5.41, 5.74) is 2.32. The van der Waals surface area contributed by atoms with Crippen LogP contribution in [0.2, 0.25) is 0 Å². The molecule has 0 fully saturated rings. The Hall–Kier alpha value is -1.57. The third-order valence-corrected chi connectivity index (χ3v) is 3.18. The molecule has 0 radical (unpaired) electrons. The lowest BCUT2D eigenvalue weighted by Gasteiger charge is -2.32. The lowest BCUT2D eigenvalue weighted by molar-refractivity contribution is -0.381. The second-order valence-electron chi connectivity index (χ2n) is 7.16. The van der Waals surface area contributed by atoms with Crippen molar-refractivity contribution >= 4 is 6.21 Å². The highest BCUT2D eigenvalue weighted by molar-refractivity contribution is 5.69.